The first kappa shape index (κ1) is 17.9. The summed E-state index contributed by atoms with van der Waals surface area (Å²) < 4.78 is 29.9. The molecule has 0 aromatic heterocycles. The Morgan fingerprint density at radius 1 is 1.50 bits per heavy atom. The number of nitrogens with one attached hydrogen (secondary N) is 1. The number of hydrogen-bond acceptors (Lipinski definition) is 5. The minimum Gasteiger partial charge on any atom is -0.748 e. The largest absolute Gasteiger partial charge is 0.748 e. The Morgan fingerprint density at radius 3 is 2.17 bits per heavy atom. The highest BCUT2D eigenvalue weighted by atomic mass is 32.2. The van der Waals surface area contributed by atoms with E-state index in [9.17, 15) is 13.0 Å². The summed E-state index contributed by atoms with van der Waals surface area (Å²) in [6.07, 6.45) is 0. The van der Waals surface area contributed by atoms with Crippen molar-refractivity contribution in [3.63, 3.8) is 0 Å². The van der Waals surface area contributed by atoms with E-state index in [4.69, 9.17) is 0 Å². The molecule has 0 heterocycles. The molecule has 0 aromatic rings. The summed E-state index contributed by atoms with van der Waals surface area (Å²) in [6, 6.07) is 0. The molecule has 0 fully saturated rings. The third-order valence-corrected chi connectivity index (χ3v) is 1.61. The van der Waals surface area contributed by atoms with Gasteiger partial charge in [-0.1, -0.05) is 4.32 Å². The lowest BCUT2D eigenvalue weighted by Crippen LogP contribution is -2.25. The molecule has 0 aliphatic carbocycles. The summed E-state index contributed by atoms with van der Waals surface area (Å²) in [6.45, 7) is -0.00579. The van der Waals surface area contributed by atoms with E-state index in [0.29, 0.717) is 0 Å². The molecule has 0 atom stereocenters. The van der Waals surface area contributed by atoms with E-state index in [1.165, 1.54) is 0 Å². The van der Waals surface area contributed by atoms with Crippen molar-refractivity contribution in [2.45, 2.75) is 0 Å². The molecule has 9 N–H and O–H groups in total. The van der Waals surface area contributed by atoms with Crippen LogP contribution in [0.2, 0.25) is 0 Å². The second-order valence-corrected chi connectivity index (χ2v) is 4.07. The molecule has 0 aromatic carbocycles. The van der Waals surface area contributed by atoms with Crippen molar-refractivity contribution in [3.05, 3.63) is 0 Å². The molecule has 0 aliphatic heterocycles. The fourth-order valence-electron chi connectivity index (χ4n) is 0.278. The van der Waals surface area contributed by atoms with Crippen LogP contribution >= 0.6 is 12.2 Å². The second-order valence-electron chi connectivity index (χ2n) is 1.48. The van der Waals surface area contributed by atoms with E-state index in [0.717, 1.165) is 0 Å². The van der Waals surface area contributed by atoms with Gasteiger partial charge >= 0.3 is 0 Å². The van der Waals surface area contributed by atoms with Crippen LogP contribution in [0.25, 0.3) is 0 Å². The van der Waals surface area contributed by atoms with Crippen molar-refractivity contribution in [1.82, 2.24) is 17.6 Å². The van der Waals surface area contributed by atoms with Gasteiger partial charge in [-0.05, 0) is 0 Å². The van der Waals surface area contributed by atoms with Crippen LogP contribution in [0.1, 0.15) is 0 Å². The normalized spacial score (nSPS) is 9.08. The Morgan fingerprint density at radius 2 is 1.92 bits per heavy atom. The zero-order chi connectivity index (χ0) is 8.20. The SMILES string of the molecule is O=S(=O)([O-])CCNC(=S)[S-].[NH4+].[NH4+]. The van der Waals surface area contributed by atoms with Crippen molar-refractivity contribution < 1.29 is 13.0 Å². The first-order valence-corrected chi connectivity index (χ1v) is 4.69. The maximum Gasteiger partial charge on any atom is 0.0963 e. The van der Waals surface area contributed by atoms with Gasteiger partial charge in [0.15, 0.2) is 0 Å². The van der Waals surface area contributed by atoms with E-state index >= 15 is 0 Å². The predicted octanol–water partition coefficient (Wildman–Crippen LogP) is -0.295. The van der Waals surface area contributed by atoms with Crippen molar-refractivity contribution in [3.8, 4) is 0 Å². The third-order valence-electron chi connectivity index (χ3n) is 0.621. The van der Waals surface area contributed by atoms with E-state index in [2.05, 4.69) is 30.2 Å². The number of hydrogen-bond donors (Lipinski definition) is 3. The predicted molar refractivity (Wildman–Crippen MR) is 54.5 cm³/mol. The fourth-order valence-corrected chi connectivity index (χ4v) is 0.834. The van der Waals surface area contributed by atoms with Crippen LogP contribution in [0.15, 0.2) is 0 Å². The highest BCUT2D eigenvalue weighted by molar-refractivity contribution is 8.00. The van der Waals surface area contributed by atoms with Gasteiger partial charge in [0, 0.05) is 6.54 Å². The molecule has 0 bridgehead atoms. The van der Waals surface area contributed by atoms with Crippen LogP contribution in [0.5, 0.6) is 0 Å². The summed E-state index contributed by atoms with van der Waals surface area (Å²) in [7, 11) is -4.14. The molecule has 0 saturated heterocycles. The lowest BCUT2D eigenvalue weighted by molar-refractivity contribution is 0.462. The maximum absolute atomic E-state index is 9.94. The number of rotatable bonds is 3. The smallest absolute Gasteiger partial charge is 0.0963 e. The van der Waals surface area contributed by atoms with Gasteiger partial charge in [-0.3, -0.25) is 0 Å². The molecule has 9 heteroatoms. The van der Waals surface area contributed by atoms with Gasteiger partial charge in [-0.15, -0.1) is 0 Å². The molecule has 0 unspecified atom stereocenters. The summed E-state index contributed by atoms with van der Waals surface area (Å²) in [5.74, 6) is -0.482. The van der Waals surface area contributed by atoms with Crippen LogP contribution in [0, 0.1) is 0 Å². The van der Waals surface area contributed by atoms with E-state index in [1.807, 2.05) is 0 Å². The molecule has 12 heavy (non-hydrogen) atoms. The average Bonchev–Trinajstić information content (AvgIpc) is 1.59. The van der Waals surface area contributed by atoms with Crippen molar-refractivity contribution in [1.29, 1.82) is 0 Å². The molecule has 0 saturated carbocycles. The molecular weight excluding hydrogens is 222 g/mol. The lowest BCUT2D eigenvalue weighted by atomic mass is 10.8. The Balaban J connectivity index is -0.000000405. The molecule has 0 rings (SSSR count). The molecule has 6 nitrogen and oxygen atoms in total. The van der Waals surface area contributed by atoms with E-state index < -0.39 is 15.9 Å². The quantitative estimate of drug-likeness (QED) is 0.348. The van der Waals surface area contributed by atoms with Gasteiger partial charge in [-0.25, -0.2) is 8.42 Å². The van der Waals surface area contributed by atoms with Crippen LogP contribution in [0.4, 0.5) is 0 Å². The topological polar surface area (TPSA) is 142 Å². The maximum atomic E-state index is 9.94. The van der Waals surface area contributed by atoms with Crippen LogP contribution in [-0.4, -0.2) is 29.6 Å². The summed E-state index contributed by atoms with van der Waals surface area (Å²) in [5.41, 5.74) is 0. The minimum atomic E-state index is -4.14. The van der Waals surface area contributed by atoms with Crippen LogP contribution in [-0.2, 0) is 22.7 Å². The van der Waals surface area contributed by atoms with E-state index in [-0.39, 0.29) is 23.2 Å². The Bertz CT molecular complexity index is 214. The van der Waals surface area contributed by atoms with Gasteiger partial charge in [-0.2, -0.15) is 0 Å². The van der Waals surface area contributed by atoms with Gasteiger partial charge in [0.05, 0.1) is 15.9 Å². The van der Waals surface area contributed by atoms with Crippen molar-refractivity contribution in [2.75, 3.05) is 12.3 Å². The molecule has 0 aliphatic rings. The van der Waals surface area contributed by atoms with Crippen LogP contribution < -0.4 is 17.6 Å². The van der Waals surface area contributed by atoms with Gasteiger partial charge in [0.2, 0.25) is 0 Å². The second kappa shape index (κ2) is 7.58. The molecule has 0 amide bonds. The number of quaternary nitrogens is 2. The number of thiocarbonyl (C=S) groups is 1. The van der Waals surface area contributed by atoms with Gasteiger partial charge in [0.1, 0.15) is 0 Å². The van der Waals surface area contributed by atoms with Crippen molar-refractivity contribution >= 4 is 39.3 Å². The molecular formula is C3H13N3O3S3. The monoisotopic (exact) mass is 235 g/mol. The molecule has 0 radical (unpaired) electrons. The summed E-state index contributed by atoms with van der Waals surface area (Å²) in [5, 5.41) is 2.37. The third kappa shape index (κ3) is 16.5. The highest BCUT2D eigenvalue weighted by Gasteiger charge is 1.91. The Kier molecular flexibility index (Phi) is 11.3. The van der Waals surface area contributed by atoms with Crippen molar-refractivity contribution in [2.24, 2.45) is 0 Å². The Hall–Kier alpha value is -0.0600. The highest BCUT2D eigenvalue weighted by Crippen LogP contribution is 1.78. The molecule has 0 spiro atoms. The average molecular weight is 235 g/mol. The minimum absolute atomic E-state index is 0. The summed E-state index contributed by atoms with van der Waals surface area (Å²) >= 11 is 8.78. The zero-order valence-corrected chi connectivity index (χ0v) is 9.31. The first-order valence-electron chi connectivity index (χ1n) is 2.30. The molecule has 76 valence electrons. The van der Waals surface area contributed by atoms with Gasteiger partial charge < -0.3 is 47.0 Å². The van der Waals surface area contributed by atoms with E-state index in [1.54, 1.807) is 0 Å². The zero-order valence-electron chi connectivity index (χ0n) is 6.86. The fraction of sp³-hybridized carbons (Fsp3) is 0.667. The summed E-state index contributed by atoms with van der Waals surface area (Å²) in [4.78, 5) is 0. The first-order chi connectivity index (χ1) is 4.42. The van der Waals surface area contributed by atoms with Crippen LogP contribution in [0.3, 0.4) is 0 Å². The standard InChI is InChI=1S/C3H7NO3S3.2H3N/c5-10(6,7)2-1-4-3(8)9;;/h1-2H2,(H2,4,8,9)(H,5,6,7);2*1H3. The van der Waals surface area contributed by atoms with Gasteiger partial charge in [0.25, 0.3) is 0 Å². The Labute approximate surface area is 82.4 Å². The lowest BCUT2D eigenvalue weighted by Gasteiger charge is -2.10.